The molecular weight excluding hydrogens is 262 g/mol. The minimum absolute atomic E-state index is 0.0962. The van der Waals surface area contributed by atoms with Gasteiger partial charge in [0, 0.05) is 23.5 Å². The fourth-order valence-corrected chi connectivity index (χ4v) is 2.08. The van der Waals surface area contributed by atoms with Crippen molar-refractivity contribution in [3.05, 3.63) is 84.1 Å². The Morgan fingerprint density at radius 1 is 0.950 bits per heavy atom. The zero-order valence-corrected chi connectivity index (χ0v) is 10.3. The van der Waals surface area contributed by atoms with Crippen LogP contribution >= 0.6 is 0 Å². The number of hydrogen-bond donors (Lipinski definition) is 0. The molecule has 0 N–H and O–H groups in total. The molecule has 0 amide bonds. The Bertz CT molecular complexity index is 684. The molecule has 3 nitrogen and oxygen atoms in total. The normalized spacial score (nSPS) is 13.9. The van der Waals surface area contributed by atoms with Crippen molar-refractivity contribution >= 4 is 0 Å². The minimum Gasteiger partial charge on any atom is -0.465 e. The van der Waals surface area contributed by atoms with Gasteiger partial charge in [0.25, 0.3) is 0 Å². The Labute approximate surface area is 113 Å². The number of rotatable bonds is 3. The molecule has 1 atom stereocenters. The highest BCUT2D eigenvalue weighted by atomic mass is 19.1. The van der Waals surface area contributed by atoms with E-state index in [1.165, 1.54) is 55.3 Å². The van der Waals surface area contributed by atoms with Gasteiger partial charge in [-0.2, -0.15) is 0 Å². The summed E-state index contributed by atoms with van der Waals surface area (Å²) in [6.45, 7) is 0. The van der Waals surface area contributed by atoms with Crippen molar-refractivity contribution in [3.8, 4) is 0 Å². The average molecular weight is 272 g/mol. The summed E-state index contributed by atoms with van der Waals surface area (Å²) in [6.07, 6.45) is 5.45. The van der Waals surface area contributed by atoms with Crippen LogP contribution in [0, 0.1) is 5.82 Å². The Balaban J connectivity index is 2.21. The van der Waals surface area contributed by atoms with Crippen molar-refractivity contribution in [2.24, 2.45) is 0 Å². The molecule has 0 bridgehead atoms. The molecule has 20 heavy (non-hydrogen) atoms. The summed E-state index contributed by atoms with van der Waals surface area (Å²) < 4.78 is 33.9. The number of halogens is 2. The molecule has 0 aliphatic rings. The molecule has 0 saturated heterocycles. The summed E-state index contributed by atoms with van der Waals surface area (Å²) in [7, 11) is 0. The predicted octanol–water partition coefficient (Wildman–Crippen LogP) is 3.47. The van der Waals surface area contributed by atoms with E-state index in [4.69, 9.17) is 4.42 Å². The summed E-state index contributed by atoms with van der Waals surface area (Å²) in [5.74, 6) is -0.334. The van der Waals surface area contributed by atoms with Crippen LogP contribution in [0.5, 0.6) is 0 Å². The smallest absolute Gasteiger partial charge is 0.221 e. The minimum atomic E-state index is -2.06. The van der Waals surface area contributed by atoms with E-state index in [0.29, 0.717) is 0 Å². The zero-order chi connectivity index (χ0) is 14.0. The molecule has 3 aromatic rings. The maximum absolute atomic E-state index is 15.7. The Hall–Kier alpha value is -2.56. The molecule has 0 fully saturated rings. The highest BCUT2D eigenvalue weighted by Crippen LogP contribution is 2.40. The lowest BCUT2D eigenvalue weighted by molar-refractivity contribution is 0.230. The summed E-state index contributed by atoms with van der Waals surface area (Å²) in [5.41, 5.74) is -1.58. The topological polar surface area (TPSA) is 38.9 Å². The summed E-state index contributed by atoms with van der Waals surface area (Å²) in [5, 5.41) is 0. The van der Waals surface area contributed by atoms with Gasteiger partial charge in [-0.25, -0.2) is 18.7 Å². The van der Waals surface area contributed by atoms with Gasteiger partial charge in [-0.15, -0.1) is 0 Å². The molecule has 2 heterocycles. The first-order chi connectivity index (χ1) is 9.71. The van der Waals surface area contributed by atoms with E-state index < -0.39 is 11.5 Å². The van der Waals surface area contributed by atoms with Gasteiger partial charge in [-0.3, -0.25) is 0 Å². The van der Waals surface area contributed by atoms with Crippen molar-refractivity contribution in [3.63, 3.8) is 0 Å². The summed E-state index contributed by atoms with van der Waals surface area (Å²) in [6, 6.07) is 8.29. The highest BCUT2D eigenvalue weighted by molar-refractivity contribution is 5.42. The van der Waals surface area contributed by atoms with E-state index in [-0.39, 0.29) is 16.9 Å². The number of hydrogen-bond acceptors (Lipinski definition) is 3. The number of aromatic nitrogens is 2. The molecule has 0 radical (unpaired) electrons. The lowest BCUT2D eigenvalue weighted by Gasteiger charge is -2.23. The molecule has 5 heteroatoms. The Morgan fingerprint density at radius 3 is 2.25 bits per heavy atom. The molecule has 0 aliphatic carbocycles. The molecule has 0 spiro atoms. The molecule has 1 unspecified atom stereocenters. The maximum atomic E-state index is 15.7. The van der Waals surface area contributed by atoms with Crippen LogP contribution in [0.1, 0.15) is 16.9 Å². The van der Waals surface area contributed by atoms with Crippen molar-refractivity contribution in [2.75, 3.05) is 0 Å². The van der Waals surface area contributed by atoms with E-state index in [2.05, 4.69) is 9.97 Å². The third-order valence-electron chi connectivity index (χ3n) is 3.06. The second-order valence-corrected chi connectivity index (χ2v) is 4.27. The number of nitrogens with zero attached hydrogens (tertiary/aromatic N) is 2. The molecule has 1 aromatic carbocycles. The monoisotopic (exact) mass is 272 g/mol. The molecule has 2 aromatic heterocycles. The van der Waals surface area contributed by atoms with Gasteiger partial charge in [-0.05, 0) is 24.3 Å². The third-order valence-corrected chi connectivity index (χ3v) is 3.06. The van der Waals surface area contributed by atoms with Gasteiger partial charge < -0.3 is 4.42 Å². The second-order valence-electron chi connectivity index (χ2n) is 4.27. The van der Waals surface area contributed by atoms with Crippen LogP contribution in [0.2, 0.25) is 0 Å². The molecule has 100 valence electrons. The first kappa shape index (κ1) is 12.5. The summed E-state index contributed by atoms with van der Waals surface area (Å²) in [4.78, 5) is 7.67. The van der Waals surface area contributed by atoms with Gasteiger partial charge in [0.05, 0.1) is 6.26 Å². The van der Waals surface area contributed by atoms with Crippen molar-refractivity contribution in [2.45, 2.75) is 5.67 Å². The van der Waals surface area contributed by atoms with E-state index in [9.17, 15) is 4.39 Å². The average Bonchev–Trinajstić information content (AvgIpc) is 3.03. The highest BCUT2D eigenvalue weighted by Gasteiger charge is 2.40. The van der Waals surface area contributed by atoms with Gasteiger partial charge in [0.2, 0.25) is 5.67 Å². The first-order valence-corrected chi connectivity index (χ1v) is 5.95. The van der Waals surface area contributed by atoms with Crippen LogP contribution in [-0.4, -0.2) is 9.97 Å². The second kappa shape index (κ2) is 4.85. The molecular formula is C15H10F2N2O. The molecule has 0 aliphatic heterocycles. The van der Waals surface area contributed by atoms with Gasteiger partial charge in [-0.1, -0.05) is 12.1 Å². The van der Waals surface area contributed by atoms with E-state index in [1.807, 2.05) is 0 Å². The van der Waals surface area contributed by atoms with Crippen LogP contribution in [0.4, 0.5) is 8.78 Å². The van der Waals surface area contributed by atoms with Gasteiger partial charge in [0.1, 0.15) is 17.9 Å². The molecule has 0 saturated carbocycles. The summed E-state index contributed by atoms with van der Waals surface area (Å²) >= 11 is 0. The fourth-order valence-electron chi connectivity index (χ4n) is 2.08. The van der Waals surface area contributed by atoms with Crippen LogP contribution in [0.25, 0.3) is 0 Å². The number of benzene rings is 1. The van der Waals surface area contributed by atoms with Crippen LogP contribution in [0.3, 0.4) is 0 Å². The Kier molecular flexibility index (Phi) is 3.02. The molecule has 3 rings (SSSR count). The van der Waals surface area contributed by atoms with Crippen molar-refractivity contribution in [1.82, 2.24) is 9.97 Å². The Morgan fingerprint density at radius 2 is 1.65 bits per heavy atom. The lowest BCUT2D eigenvalue weighted by atomic mass is 9.87. The predicted molar refractivity (Wildman–Crippen MR) is 68.1 cm³/mol. The van der Waals surface area contributed by atoms with E-state index in [1.54, 1.807) is 6.07 Å². The largest absolute Gasteiger partial charge is 0.465 e. The zero-order valence-electron chi connectivity index (χ0n) is 10.3. The SMILES string of the molecule is Fc1ccc(C(F)(c2cncnc2)c2ccco2)cc1. The van der Waals surface area contributed by atoms with Crippen molar-refractivity contribution < 1.29 is 13.2 Å². The first-order valence-electron chi connectivity index (χ1n) is 5.95. The quantitative estimate of drug-likeness (QED) is 0.732. The van der Waals surface area contributed by atoms with Crippen LogP contribution in [0.15, 0.2) is 65.8 Å². The van der Waals surface area contributed by atoms with E-state index in [0.717, 1.165) is 0 Å². The van der Waals surface area contributed by atoms with Gasteiger partial charge >= 0.3 is 0 Å². The van der Waals surface area contributed by atoms with Crippen molar-refractivity contribution in [1.29, 1.82) is 0 Å². The van der Waals surface area contributed by atoms with Crippen LogP contribution < -0.4 is 0 Å². The maximum Gasteiger partial charge on any atom is 0.221 e. The lowest BCUT2D eigenvalue weighted by Crippen LogP contribution is -2.23. The van der Waals surface area contributed by atoms with Crippen LogP contribution in [-0.2, 0) is 5.67 Å². The van der Waals surface area contributed by atoms with E-state index >= 15 is 4.39 Å². The van der Waals surface area contributed by atoms with Gasteiger partial charge in [0.15, 0.2) is 0 Å². The third kappa shape index (κ3) is 1.97. The number of alkyl halides is 1. The number of furan rings is 1. The standard InChI is InChI=1S/C15H10F2N2O/c16-13-5-3-11(4-6-13)15(17,14-2-1-7-20-14)12-8-18-10-19-9-12/h1-10H. The fraction of sp³-hybridized carbons (Fsp3) is 0.0667.